The Morgan fingerprint density at radius 3 is 2.40 bits per heavy atom. The third kappa shape index (κ3) is 5.70. The molecule has 0 radical (unpaired) electrons. The summed E-state index contributed by atoms with van der Waals surface area (Å²) in [6, 6.07) is 9.14. The Hall–Kier alpha value is -1.41. The molecule has 4 nitrogen and oxygen atoms in total. The lowest BCUT2D eigenvalue weighted by molar-refractivity contribution is 0.162. The van der Waals surface area contributed by atoms with E-state index in [1.807, 2.05) is 0 Å². The molecule has 0 aliphatic heterocycles. The van der Waals surface area contributed by atoms with E-state index < -0.39 is 6.10 Å². The van der Waals surface area contributed by atoms with Crippen LogP contribution in [0.3, 0.4) is 0 Å². The lowest BCUT2D eigenvalue weighted by Gasteiger charge is -2.29. The summed E-state index contributed by atoms with van der Waals surface area (Å²) in [5, 5.41) is 22.2. The van der Waals surface area contributed by atoms with Crippen molar-refractivity contribution in [2.45, 2.75) is 20.0 Å². The maximum Gasteiger partial charge on any atom is 0.0991 e. The fourth-order valence-corrected chi connectivity index (χ4v) is 2.36. The molecule has 2 N–H and O–H groups in total. The van der Waals surface area contributed by atoms with Crippen molar-refractivity contribution in [3.63, 3.8) is 0 Å². The van der Waals surface area contributed by atoms with Gasteiger partial charge in [-0.25, -0.2) is 0 Å². The van der Waals surface area contributed by atoms with Crippen molar-refractivity contribution in [3.05, 3.63) is 35.4 Å². The predicted molar refractivity (Wildman–Crippen MR) is 81.3 cm³/mol. The molecular weight excluding hydrogens is 250 g/mol. The van der Waals surface area contributed by atoms with E-state index in [-0.39, 0.29) is 5.41 Å². The molecule has 0 saturated heterocycles. The molecule has 1 aromatic rings. The number of aliphatic hydroxyl groups excluding tert-OH is 1. The zero-order valence-corrected chi connectivity index (χ0v) is 12.8. The average molecular weight is 275 g/mol. The van der Waals surface area contributed by atoms with Crippen LogP contribution in [0.15, 0.2) is 24.3 Å². The average Bonchev–Trinajstić information content (AvgIpc) is 2.37. The Morgan fingerprint density at radius 2 is 1.90 bits per heavy atom. The molecule has 0 heterocycles. The summed E-state index contributed by atoms with van der Waals surface area (Å²) in [5.41, 5.74) is 1.61. The summed E-state index contributed by atoms with van der Waals surface area (Å²) in [5.74, 6) is 0. The summed E-state index contributed by atoms with van der Waals surface area (Å²) in [6.07, 6.45) is -0.544. The molecule has 0 aliphatic rings. The van der Waals surface area contributed by atoms with Crippen molar-refractivity contribution in [1.82, 2.24) is 10.2 Å². The molecule has 1 atom stereocenters. The highest BCUT2D eigenvalue weighted by molar-refractivity contribution is 5.32. The van der Waals surface area contributed by atoms with Gasteiger partial charge in [-0.2, -0.15) is 5.26 Å². The molecule has 0 fully saturated rings. The minimum absolute atomic E-state index is 0.161. The zero-order valence-electron chi connectivity index (χ0n) is 12.8. The molecule has 1 unspecified atom stereocenters. The van der Waals surface area contributed by atoms with Gasteiger partial charge in [0.2, 0.25) is 0 Å². The van der Waals surface area contributed by atoms with Gasteiger partial charge < -0.3 is 15.3 Å². The second-order valence-corrected chi connectivity index (χ2v) is 6.28. The third-order valence-corrected chi connectivity index (χ3v) is 3.11. The molecular formula is C16H25N3O. The summed E-state index contributed by atoms with van der Waals surface area (Å²) >= 11 is 0. The number of hydrogen-bond acceptors (Lipinski definition) is 4. The van der Waals surface area contributed by atoms with Crippen molar-refractivity contribution in [1.29, 1.82) is 5.26 Å². The largest absolute Gasteiger partial charge is 0.387 e. The van der Waals surface area contributed by atoms with Crippen LogP contribution in [0.1, 0.15) is 31.1 Å². The van der Waals surface area contributed by atoms with Crippen LogP contribution in [0.4, 0.5) is 0 Å². The van der Waals surface area contributed by atoms with E-state index >= 15 is 0 Å². The second-order valence-electron chi connectivity index (χ2n) is 6.28. The second kappa shape index (κ2) is 7.39. The smallest absolute Gasteiger partial charge is 0.0991 e. The fraction of sp³-hybridized carbons (Fsp3) is 0.562. The van der Waals surface area contributed by atoms with Crippen LogP contribution < -0.4 is 5.32 Å². The number of rotatable bonds is 7. The van der Waals surface area contributed by atoms with E-state index in [0.717, 1.165) is 18.7 Å². The maximum absolute atomic E-state index is 10.1. The van der Waals surface area contributed by atoms with Crippen LogP contribution in [0, 0.1) is 16.7 Å². The van der Waals surface area contributed by atoms with E-state index in [9.17, 15) is 5.11 Å². The van der Waals surface area contributed by atoms with Gasteiger partial charge >= 0.3 is 0 Å². The lowest BCUT2D eigenvalue weighted by atomic mass is 9.93. The highest BCUT2D eigenvalue weighted by Crippen LogP contribution is 2.16. The van der Waals surface area contributed by atoms with E-state index in [1.54, 1.807) is 24.3 Å². The number of hydrogen-bond donors (Lipinski definition) is 2. The number of nitrogens with one attached hydrogen (secondary N) is 1. The topological polar surface area (TPSA) is 59.3 Å². The van der Waals surface area contributed by atoms with Gasteiger partial charge in [-0.1, -0.05) is 26.0 Å². The molecule has 0 aromatic heterocycles. The molecule has 4 heteroatoms. The van der Waals surface area contributed by atoms with Crippen LogP contribution in [-0.4, -0.2) is 43.7 Å². The van der Waals surface area contributed by atoms with Crippen molar-refractivity contribution >= 4 is 0 Å². The zero-order chi connectivity index (χ0) is 15.2. The van der Waals surface area contributed by atoms with Crippen LogP contribution >= 0.6 is 0 Å². The van der Waals surface area contributed by atoms with Crippen LogP contribution in [0.2, 0.25) is 0 Å². The Labute approximate surface area is 122 Å². The quantitative estimate of drug-likeness (QED) is 0.796. The predicted octanol–water partition coefficient (Wildman–Crippen LogP) is 1.77. The molecule has 0 spiro atoms. The standard InChI is InChI=1S/C16H25N3O/c1-16(2,12-19(3)4)11-18-10-15(20)14-7-5-13(9-17)6-8-14/h5-8,15,18,20H,10-12H2,1-4H3. The Balaban J connectivity index is 2.43. The molecule has 0 bridgehead atoms. The Morgan fingerprint density at radius 1 is 1.30 bits per heavy atom. The summed E-state index contributed by atoms with van der Waals surface area (Å²) in [6.45, 7) is 6.76. The normalized spacial score (nSPS) is 13.2. The van der Waals surface area contributed by atoms with E-state index in [2.05, 4.69) is 44.2 Å². The highest BCUT2D eigenvalue weighted by atomic mass is 16.3. The summed E-state index contributed by atoms with van der Waals surface area (Å²) in [7, 11) is 4.13. The van der Waals surface area contributed by atoms with Crippen molar-refractivity contribution in [2.75, 3.05) is 33.7 Å². The summed E-state index contributed by atoms with van der Waals surface area (Å²) in [4.78, 5) is 2.17. The van der Waals surface area contributed by atoms with Gasteiger partial charge in [0.25, 0.3) is 0 Å². The number of nitrogens with zero attached hydrogens (tertiary/aromatic N) is 2. The van der Waals surface area contributed by atoms with Gasteiger partial charge in [-0.05, 0) is 37.2 Å². The first-order valence-corrected chi connectivity index (χ1v) is 6.87. The molecule has 1 aromatic carbocycles. The van der Waals surface area contributed by atoms with Gasteiger partial charge in [0.05, 0.1) is 17.7 Å². The minimum Gasteiger partial charge on any atom is -0.387 e. The van der Waals surface area contributed by atoms with E-state index in [4.69, 9.17) is 5.26 Å². The van der Waals surface area contributed by atoms with Gasteiger partial charge in [0.1, 0.15) is 0 Å². The number of nitriles is 1. The van der Waals surface area contributed by atoms with Crippen molar-refractivity contribution in [2.24, 2.45) is 5.41 Å². The van der Waals surface area contributed by atoms with Crippen molar-refractivity contribution in [3.8, 4) is 6.07 Å². The van der Waals surface area contributed by atoms with Gasteiger partial charge in [0.15, 0.2) is 0 Å². The first kappa shape index (κ1) is 16.6. The van der Waals surface area contributed by atoms with E-state index in [1.165, 1.54) is 0 Å². The Bertz CT molecular complexity index is 446. The fourth-order valence-electron chi connectivity index (χ4n) is 2.36. The molecule has 110 valence electrons. The van der Waals surface area contributed by atoms with Gasteiger partial charge in [-0.15, -0.1) is 0 Å². The van der Waals surface area contributed by atoms with Crippen LogP contribution in [0.5, 0.6) is 0 Å². The maximum atomic E-state index is 10.1. The third-order valence-electron chi connectivity index (χ3n) is 3.11. The lowest BCUT2D eigenvalue weighted by Crippen LogP contribution is -2.38. The Kier molecular flexibility index (Phi) is 6.15. The number of benzene rings is 1. The molecule has 0 saturated carbocycles. The minimum atomic E-state index is -0.544. The SMILES string of the molecule is CN(C)CC(C)(C)CNCC(O)c1ccc(C#N)cc1. The highest BCUT2D eigenvalue weighted by Gasteiger charge is 2.19. The molecule has 0 aliphatic carbocycles. The molecule has 1 rings (SSSR count). The van der Waals surface area contributed by atoms with Gasteiger partial charge in [-0.3, -0.25) is 0 Å². The molecule has 0 amide bonds. The first-order valence-electron chi connectivity index (χ1n) is 6.87. The van der Waals surface area contributed by atoms with Crippen LogP contribution in [-0.2, 0) is 0 Å². The van der Waals surface area contributed by atoms with E-state index in [0.29, 0.717) is 12.1 Å². The van der Waals surface area contributed by atoms with Gasteiger partial charge in [0, 0.05) is 19.6 Å². The summed E-state index contributed by atoms with van der Waals surface area (Å²) < 4.78 is 0. The number of aliphatic hydroxyl groups is 1. The first-order chi connectivity index (χ1) is 9.34. The van der Waals surface area contributed by atoms with Crippen LogP contribution in [0.25, 0.3) is 0 Å². The van der Waals surface area contributed by atoms with Crippen molar-refractivity contribution < 1.29 is 5.11 Å². The molecule has 20 heavy (non-hydrogen) atoms. The monoisotopic (exact) mass is 275 g/mol.